The molecule has 4 amide bonds. The molecule has 1 aliphatic rings. The number of nitrogens with one attached hydrogen (secondary N) is 5. The van der Waals surface area contributed by atoms with E-state index in [1.54, 1.807) is 96.2 Å². The van der Waals surface area contributed by atoms with Crippen LogP contribution in [-0.2, 0) is 25.9 Å². The van der Waals surface area contributed by atoms with Gasteiger partial charge in [0.2, 0.25) is 0 Å². The van der Waals surface area contributed by atoms with Gasteiger partial charge in [0.25, 0.3) is 23.6 Å². The lowest BCUT2D eigenvalue weighted by Crippen LogP contribution is -2.41. The van der Waals surface area contributed by atoms with Crippen LogP contribution in [0.15, 0.2) is 61.3 Å². The first kappa shape index (κ1) is 31.3. The van der Waals surface area contributed by atoms with Crippen LogP contribution in [0, 0.1) is 0 Å². The molecule has 0 saturated carbocycles. The number of H-pyrrole nitrogens is 1. The number of aromatic amines is 1. The minimum absolute atomic E-state index is 0.232. The number of morpholine rings is 1. The molecule has 5 N–H and O–H groups in total. The van der Waals surface area contributed by atoms with Crippen molar-refractivity contribution in [1.29, 1.82) is 0 Å². The van der Waals surface area contributed by atoms with Crippen molar-refractivity contribution in [3.8, 4) is 0 Å². The van der Waals surface area contributed by atoms with E-state index in [-0.39, 0.29) is 11.8 Å². The number of imidazole rings is 1. The van der Waals surface area contributed by atoms with Crippen LogP contribution in [-0.4, -0.2) is 91.6 Å². The van der Waals surface area contributed by atoms with Crippen molar-refractivity contribution in [1.82, 2.24) is 33.9 Å². The quantitative estimate of drug-likeness (QED) is 0.156. The summed E-state index contributed by atoms with van der Waals surface area (Å²) in [6.07, 6.45) is 6.50. The Morgan fingerprint density at radius 3 is 1.85 bits per heavy atom. The van der Waals surface area contributed by atoms with Crippen LogP contribution in [0.4, 0.5) is 17.1 Å². The molecule has 0 spiro atoms. The first-order valence-electron chi connectivity index (χ1n) is 15.1. The molecule has 0 bridgehead atoms. The number of rotatable bonds is 10. The SMILES string of the molecule is Cn1cc(NC(=O)c2cc(NC(=O)c3cc(NC(=O)c4ccc5nc[nH]c5c4)cn3C)cn2C)cc1C(=O)NCCN1CCOCC1. The van der Waals surface area contributed by atoms with E-state index in [1.807, 2.05) is 0 Å². The summed E-state index contributed by atoms with van der Waals surface area (Å²) in [7, 11) is 5.13. The topological polar surface area (TPSA) is 172 Å². The molecule has 1 aromatic carbocycles. The molecular formula is C32H36N10O5. The number of ether oxygens (including phenoxy) is 1. The minimum atomic E-state index is -0.420. The number of fused-ring (bicyclic) bond motifs is 1. The van der Waals surface area contributed by atoms with Crippen LogP contribution in [0.1, 0.15) is 41.8 Å². The maximum Gasteiger partial charge on any atom is 0.272 e. The molecule has 1 aliphatic heterocycles. The van der Waals surface area contributed by atoms with Crippen LogP contribution in [0.5, 0.6) is 0 Å². The van der Waals surface area contributed by atoms with Crippen molar-refractivity contribution in [2.24, 2.45) is 21.1 Å². The lowest BCUT2D eigenvalue weighted by molar-refractivity contribution is 0.0383. The Morgan fingerprint density at radius 1 is 0.745 bits per heavy atom. The highest BCUT2D eigenvalue weighted by molar-refractivity contribution is 6.09. The van der Waals surface area contributed by atoms with Crippen molar-refractivity contribution in [3.05, 3.63) is 84.0 Å². The van der Waals surface area contributed by atoms with E-state index >= 15 is 0 Å². The van der Waals surface area contributed by atoms with Crippen molar-refractivity contribution < 1.29 is 23.9 Å². The maximum atomic E-state index is 13.2. The van der Waals surface area contributed by atoms with Gasteiger partial charge in [0.05, 0.1) is 47.6 Å². The zero-order valence-corrected chi connectivity index (χ0v) is 26.3. The number of nitrogens with zero attached hydrogens (tertiary/aromatic N) is 5. The summed E-state index contributed by atoms with van der Waals surface area (Å²) < 4.78 is 10.2. The average Bonchev–Trinajstić information content (AvgIpc) is 3.83. The Bertz CT molecular complexity index is 1960. The number of anilines is 3. The Balaban J connectivity index is 1.04. The van der Waals surface area contributed by atoms with Gasteiger partial charge in [0, 0.05) is 71.5 Å². The smallest absolute Gasteiger partial charge is 0.272 e. The molecule has 1 fully saturated rings. The number of benzene rings is 1. The minimum Gasteiger partial charge on any atom is -0.379 e. The summed E-state index contributed by atoms with van der Waals surface area (Å²) in [6.45, 7) is 4.33. The highest BCUT2D eigenvalue weighted by Crippen LogP contribution is 2.20. The molecule has 0 radical (unpaired) electrons. The fraction of sp³-hybridized carbons (Fsp3) is 0.281. The molecular weight excluding hydrogens is 604 g/mol. The normalized spacial score (nSPS) is 13.4. The zero-order valence-electron chi connectivity index (χ0n) is 26.3. The van der Waals surface area contributed by atoms with Crippen LogP contribution in [0.2, 0.25) is 0 Å². The van der Waals surface area contributed by atoms with Crippen molar-refractivity contribution in [3.63, 3.8) is 0 Å². The van der Waals surface area contributed by atoms with Gasteiger partial charge in [0.15, 0.2) is 0 Å². The third-order valence-electron chi connectivity index (χ3n) is 7.99. The van der Waals surface area contributed by atoms with Gasteiger partial charge in [0.1, 0.15) is 17.1 Å². The molecule has 0 atom stereocenters. The van der Waals surface area contributed by atoms with Gasteiger partial charge in [-0.15, -0.1) is 0 Å². The number of aryl methyl sites for hydroxylation is 3. The summed E-state index contributed by atoms with van der Waals surface area (Å²) in [4.78, 5) is 61.3. The van der Waals surface area contributed by atoms with E-state index in [1.165, 1.54) is 0 Å². The van der Waals surface area contributed by atoms with Gasteiger partial charge in [-0.2, -0.15) is 0 Å². The summed E-state index contributed by atoms with van der Waals surface area (Å²) in [5.74, 6) is -1.39. The molecule has 6 rings (SSSR count). The second-order valence-corrected chi connectivity index (χ2v) is 11.4. The predicted octanol–water partition coefficient (Wildman–Crippen LogP) is 2.40. The Kier molecular flexibility index (Phi) is 8.90. The monoisotopic (exact) mass is 640 g/mol. The standard InChI is InChI=1S/C32H36N10O5/c1-39-17-22(13-26(39)30(44)33-6-7-42-8-10-47-11-9-42)37-32(46)28-15-23(18-41(28)3)38-31(45)27-14-21(16-40(27)2)36-29(43)20-4-5-24-25(12-20)35-19-34-24/h4-5,12-19H,6-11H2,1-3H3,(H,33,44)(H,34,35)(H,36,43)(H,37,46)(H,38,45). The molecule has 5 aromatic rings. The number of hydrogen-bond acceptors (Lipinski definition) is 7. The molecule has 5 heterocycles. The van der Waals surface area contributed by atoms with E-state index < -0.39 is 11.8 Å². The summed E-state index contributed by atoms with van der Waals surface area (Å²) in [5, 5.41) is 11.4. The fourth-order valence-corrected chi connectivity index (χ4v) is 5.49. The molecule has 244 valence electrons. The first-order chi connectivity index (χ1) is 22.6. The Hall–Kier alpha value is -5.67. The highest BCUT2D eigenvalue weighted by atomic mass is 16.5. The van der Waals surface area contributed by atoms with Crippen LogP contribution in [0.25, 0.3) is 11.0 Å². The first-order valence-corrected chi connectivity index (χ1v) is 15.1. The van der Waals surface area contributed by atoms with Gasteiger partial charge in [-0.05, 0) is 36.4 Å². The highest BCUT2D eigenvalue weighted by Gasteiger charge is 2.19. The van der Waals surface area contributed by atoms with E-state index in [0.29, 0.717) is 59.5 Å². The molecule has 15 heteroatoms. The number of hydrogen-bond donors (Lipinski definition) is 5. The summed E-state index contributed by atoms with van der Waals surface area (Å²) in [5.41, 5.74) is 4.29. The van der Waals surface area contributed by atoms with E-state index in [9.17, 15) is 19.2 Å². The van der Waals surface area contributed by atoms with Gasteiger partial charge >= 0.3 is 0 Å². The van der Waals surface area contributed by atoms with Crippen LogP contribution < -0.4 is 21.3 Å². The van der Waals surface area contributed by atoms with Gasteiger partial charge in [-0.25, -0.2) is 4.98 Å². The predicted molar refractivity (Wildman–Crippen MR) is 176 cm³/mol. The van der Waals surface area contributed by atoms with Crippen molar-refractivity contribution in [2.75, 3.05) is 55.3 Å². The van der Waals surface area contributed by atoms with Gasteiger partial charge in [-0.3, -0.25) is 24.1 Å². The number of amides is 4. The third kappa shape index (κ3) is 7.10. The largest absolute Gasteiger partial charge is 0.379 e. The molecule has 1 saturated heterocycles. The second kappa shape index (κ2) is 13.4. The summed E-state index contributed by atoms with van der Waals surface area (Å²) >= 11 is 0. The lowest BCUT2D eigenvalue weighted by atomic mass is 10.2. The van der Waals surface area contributed by atoms with E-state index in [4.69, 9.17) is 4.74 Å². The van der Waals surface area contributed by atoms with Gasteiger partial charge < -0.3 is 44.7 Å². The average molecular weight is 641 g/mol. The molecule has 47 heavy (non-hydrogen) atoms. The van der Waals surface area contributed by atoms with E-state index in [2.05, 4.69) is 36.1 Å². The van der Waals surface area contributed by atoms with E-state index in [0.717, 1.165) is 30.7 Å². The summed E-state index contributed by atoms with van der Waals surface area (Å²) in [6, 6.07) is 9.90. The number of carbonyl (C=O) groups is 4. The third-order valence-corrected chi connectivity index (χ3v) is 7.99. The molecule has 4 aromatic heterocycles. The van der Waals surface area contributed by atoms with Crippen LogP contribution >= 0.6 is 0 Å². The molecule has 0 aliphatic carbocycles. The number of aromatic nitrogens is 5. The number of carbonyl (C=O) groups excluding carboxylic acids is 4. The Labute approximate surface area is 269 Å². The Morgan fingerprint density at radius 2 is 1.28 bits per heavy atom. The van der Waals surface area contributed by atoms with Crippen molar-refractivity contribution >= 4 is 51.7 Å². The molecule has 0 unspecified atom stereocenters. The second-order valence-electron chi connectivity index (χ2n) is 11.4. The fourth-order valence-electron chi connectivity index (χ4n) is 5.49. The van der Waals surface area contributed by atoms with Crippen molar-refractivity contribution in [2.45, 2.75) is 0 Å². The maximum absolute atomic E-state index is 13.2. The zero-order chi connectivity index (χ0) is 33.1. The lowest BCUT2D eigenvalue weighted by Gasteiger charge is -2.26. The van der Waals surface area contributed by atoms with Crippen LogP contribution in [0.3, 0.4) is 0 Å². The van der Waals surface area contributed by atoms with Gasteiger partial charge in [-0.1, -0.05) is 0 Å². The molecule has 15 nitrogen and oxygen atoms in total.